The normalized spacial score (nSPS) is 11.8. The Morgan fingerprint density at radius 2 is 1.68 bits per heavy atom. The number of carbonyl (C=O) groups is 2. The zero-order valence-corrected chi connectivity index (χ0v) is 21.6. The smallest absolute Gasteiger partial charge is 0.494 e. The zero-order chi connectivity index (χ0) is 27.4. The molecule has 0 saturated heterocycles. The molecular weight excluding hydrogens is 486 g/mol. The quantitative estimate of drug-likeness (QED) is 0.154. The van der Waals surface area contributed by atoms with E-state index in [9.17, 15) is 14.7 Å². The minimum absolute atomic E-state index is 0.106. The van der Waals surface area contributed by atoms with Gasteiger partial charge in [0.2, 0.25) is 0 Å². The summed E-state index contributed by atoms with van der Waals surface area (Å²) >= 11 is 0. The SMILES string of the molecule is CN(Cc1ccc(N=C(c2ccccc2)c2c(O)[nH]c3ccc(OC(=O)O)cc23)cc1)C(=O)OC(C)(C)C. The van der Waals surface area contributed by atoms with E-state index >= 15 is 0 Å². The van der Waals surface area contributed by atoms with Gasteiger partial charge in [0.1, 0.15) is 11.4 Å². The number of fused-ring (bicyclic) bond motifs is 1. The molecule has 0 unspecified atom stereocenters. The van der Waals surface area contributed by atoms with Gasteiger partial charge < -0.3 is 29.6 Å². The van der Waals surface area contributed by atoms with Gasteiger partial charge in [0.05, 0.1) is 17.0 Å². The van der Waals surface area contributed by atoms with Gasteiger partial charge in [-0.2, -0.15) is 0 Å². The van der Waals surface area contributed by atoms with Crippen molar-refractivity contribution < 1.29 is 29.3 Å². The van der Waals surface area contributed by atoms with Crippen LogP contribution in [0, 0.1) is 0 Å². The van der Waals surface area contributed by atoms with E-state index in [0.717, 1.165) is 11.1 Å². The fourth-order valence-corrected chi connectivity index (χ4v) is 3.90. The Labute approximate surface area is 220 Å². The Morgan fingerprint density at radius 3 is 2.32 bits per heavy atom. The van der Waals surface area contributed by atoms with Crippen LogP contribution in [0.3, 0.4) is 0 Å². The van der Waals surface area contributed by atoms with E-state index < -0.39 is 17.8 Å². The molecule has 4 aromatic rings. The lowest BCUT2D eigenvalue weighted by molar-refractivity contribution is 0.0285. The molecule has 9 nitrogen and oxygen atoms in total. The Balaban J connectivity index is 1.70. The highest BCUT2D eigenvalue weighted by Gasteiger charge is 2.21. The fourth-order valence-electron chi connectivity index (χ4n) is 3.90. The molecule has 0 saturated carbocycles. The van der Waals surface area contributed by atoms with Crippen LogP contribution in [-0.4, -0.2) is 50.7 Å². The molecule has 9 heteroatoms. The summed E-state index contributed by atoms with van der Waals surface area (Å²) in [7, 11) is 1.68. The number of rotatable bonds is 6. The molecule has 1 heterocycles. The van der Waals surface area contributed by atoms with Crippen LogP contribution in [0.1, 0.15) is 37.5 Å². The Morgan fingerprint density at radius 1 is 1.00 bits per heavy atom. The number of benzene rings is 3. The summed E-state index contributed by atoms with van der Waals surface area (Å²) in [5.41, 5.74) is 3.19. The lowest BCUT2D eigenvalue weighted by atomic mass is 10.0. The standard InChI is InChI=1S/C29H29N3O6/c1-29(2,3)38-27(34)32(4)17-18-10-12-20(13-11-18)30-25(19-8-6-5-7-9-19)24-22-16-21(37-28(35)36)14-15-23(22)31-26(24)33/h5-16,31,33H,17H2,1-4H3,(H,35,36). The third-order valence-electron chi connectivity index (χ3n) is 5.54. The van der Waals surface area contributed by atoms with Crippen molar-refractivity contribution in [3.63, 3.8) is 0 Å². The van der Waals surface area contributed by atoms with Gasteiger partial charge in [0, 0.05) is 30.1 Å². The highest BCUT2D eigenvalue weighted by molar-refractivity contribution is 6.22. The largest absolute Gasteiger partial charge is 0.511 e. The van der Waals surface area contributed by atoms with E-state index in [0.29, 0.717) is 34.4 Å². The molecule has 4 rings (SSSR count). The molecule has 0 bridgehead atoms. The zero-order valence-electron chi connectivity index (χ0n) is 21.6. The lowest BCUT2D eigenvalue weighted by Crippen LogP contribution is -2.33. The van der Waals surface area contributed by atoms with Crippen molar-refractivity contribution in [3.8, 4) is 11.6 Å². The number of nitrogens with one attached hydrogen (secondary N) is 1. The molecule has 0 aliphatic rings. The summed E-state index contributed by atoms with van der Waals surface area (Å²) in [5, 5.41) is 20.4. The van der Waals surface area contributed by atoms with Crippen molar-refractivity contribution in [2.75, 3.05) is 7.05 Å². The molecule has 196 valence electrons. The van der Waals surface area contributed by atoms with Crippen LogP contribution < -0.4 is 4.74 Å². The van der Waals surface area contributed by atoms with Gasteiger partial charge in [-0.25, -0.2) is 14.6 Å². The molecule has 1 amide bonds. The Hall–Kier alpha value is -4.79. The summed E-state index contributed by atoms with van der Waals surface area (Å²) < 4.78 is 10.2. The maximum absolute atomic E-state index is 12.3. The van der Waals surface area contributed by atoms with Crippen LogP contribution in [0.25, 0.3) is 10.9 Å². The number of carboxylic acid groups (broad SMARTS) is 1. The van der Waals surface area contributed by atoms with Gasteiger partial charge in [0.25, 0.3) is 0 Å². The van der Waals surface area contributed by atoms with Crippen LogP contribution in [0.15, 0.2) is 77.8 Å². The van der Waals surface area contributed by atoms with Crippen LogP contribution >= 0.6 is 0 Å². The number of nitrogens with zero attached hydrogens (tertiary/aromatic N) is 2. The van der Waals surface area contributed by atoms with Gasteiger partial charge in [0.15, 0.2) is 5.88 Å². The van der Waals surface area contributed by atoms with Crippen LogP contribution in [0.5, 0.6) is 11.6 Å². The van der Waals surface area contributed by atoms with Crippen molar-refractivity contribution in [1.82, 2.24) is 9.88 Å². The molecule has 1 aromatic heterocycles. The van der Waals surface area contributed by atoms with E-state index in [1.165, 1.54) is 11.0 Å². The van der Waals surface area contributed by atoms with E-state index in [1.807, 2.05) is 75.4 Å². The highest BCUT2D eigenvalue weighted by Crippen LogP contribution is 2.33. The lowest BCUT2D eigenvalue weighted by Gasteiger charge is -2.24. The number of H-pyrrole nitrogens is 1. The van der Waals surface area contributed by atoms with E-state index in [1.54, 1.807) is 19.2 Å². The van der Waals surface area contributed by atoms with Crippen molar-refractivity contribution in [1.29, 1.82) is 0 Å². The Kier molecular flexibility index (Phi) is 7.38. The second-order valence-corrected chi connectivity index (χ2v) is 9.75. The fraction of sp³-hybridized carbons (Fsp3) is 0.207. The molecular formula is C29H29N3O6. The summed E-state index contributed by atoms with van der Waals surface area (Å²) in [6.45, 7) is 5.82. The number of aromatic nitrogens is 1. The summed E-state index contributed by atoms with van der Waals surface area (Å²) in [5.74, 6) is 0.0156. The van der Waals surface area contributed by atoms with Crippen LogP contribution in [-0.2, 0) is 11.3 Å². The molecule has 38 heavy (non-hydrogen) atoms. The summed E-state index contributed by atoms with van der Waals surface area (Å²) in [6.07, 6.45) is -1.84. The number of amides is 1. The monoisotopic (exact) mass is 515 g/mol. The summed E-state index contributed by atoms with van der Waals surface area (Å²) in [4.78, 5) is 32.6. The first-order valence-electron chi connectivity index (χ1n) is 11.9. The van der Waals surface area contributed by atoms with Crippen molar-refractivity contribution in [3.05, 3.63) is 89.5 Å². The second kappa shape index (κ2) is 10.7. The Bertz CT molecular complexity index is 1480. The number of aliphatic imine (C=N–C) groups is 1. The third kappa shape index (κ3) is 6.31. The second-order valence-electron chi connectivity index (χ2n) is 9.75. The molecule has 3 aromatic carbocycles. The van der Waals surface area contributed by atoms with Crippen LogP contribution in [0.4, 0.5) is 15.3 Å². The molecule has 0 aliphatic carbocycles. The van der Waals surface area contributed by atoms with Gasteiger partial charge in [-0.3, -0.25) is 0 Å². The molecule has 0 aliphatic heterocycles. The van der Waals surface area contributed by atoms with E-state index in [4.69, 9.17) is 19.6 Å². The molecule has 0 atom stereocenters. The number of aromatic amines is 1. The number of hydrogen-bond donors (Lipinski definition) is 3. The van der Waals surface area contributed by atoms with Crippen LogP contribution in [0.2, 0.25) is 0 Å². The first kappa shape index (κ1) is 26.3. The third-order valence-corrected chi connectivity index (χ3v) is 5.54. The minimum Gasteiger partial charge on any atom is -0.494 e. The van der Waals surface area contributed by atoms with E-state index in [-0.39, 0.29) is 11.6 Å². The van der Waals surface area contributed by atoms with Crippen molar-refractivity contribution in [2.24, 2.45) is 4.99 Å². The number of ether oxygens (including phenoxy) is 2. The van der Waals surface area contributed by atoms with Gasteiger partial charge in [-0.05, 0) is 56.7 Å². The number of carbonyl (C=O) groups excluding carboxylic acids is 1. The maximum atomic E-state index is 12.3. The minimum atomic E-state index is -1.43. The molecule has 0 spiro atoms. The average Bonchev–Trinajstić information content (AvgIpc) is 3.17. The van der Waals surface area contributed by atoms with E-state index in [2.05, 4.69) is 4.98 Å². The first-order chi connectivity index (χ1) is 18.0. The molecule has 0 fully saturated rings. The molecule has 3 N–H and O–H groups in total. The van der Waals surface area contributed by atoms with Crippen molar-refractivity contribution >= 4 is 34.6 Å². The van der Waals surface area contributed by atoms with Gasteiger partial charge in [-0.15, -0.1) is 0 Å². The van der Waals surface area contributed by atoms with Gasteiger partial charge >= 0.3 is 12.2 Å². The summed E-state index contributed by atoms with van der Waals surface area (Å²) in [6, 6.07) is 21.4. The number of hydrogen-bond acceptors (Lipinski definition) is 6. The first-order valence-corrected chi connectivity index (χ1v) is 11.9. The topological polar surface area (TPSA) is 124 Å². The highest BCUT2D eigenvalue weighted by atomic mass is 16.7. The predicted octanol–water partition coefficient (Wildman–Crippen LogP) is 6.47. The predicted molar refractivity (Wildman–Crippen MR) is 145 cm³/mol. The van der Waals surface area contributed by atoms with Gasteiger partial charge in [-0.1, -0.05) is 42.5 Å². The maximum Gasteiger partial charge on any atom is 0.511 e. The number of aromatic hydroxyl groups is 1. The average molecular weight is 516 g/mol. The van der Waals surface area contributed by atoms with Crippen molar-refractivity contribution in [2.45, 2.75) is 32.9 Å². The molecule has 0 radical (unpaired) electrons.